The molecular formula is C17H26N2O7. The van der Waals surface area contributed by atoms with Gasteiger partial charge in [0.05, 0.1) is 33.5 Å². The highest BCUT2D eigenvalue weighted by molar-refractivity contribution is 5.94. The van der Waals surface area contributed by atoms with Crippen molar-refractivity contribution in [1.82, 2.24) is 5.43 Å². The lowest BCUT2D eigenvalue weighted by molar-refractivity contribution is 0.103. The molecule has 146 valence electrons. The van der Waals surface area contributed by atoms with Gasteiger partial charge in [0.1, 0.15) is 5.75 Å². The second-order valence-corrected chi connectivity index (χ2v) is 5.71. The Balaban J connectivity index is 3.40. The monoisotopic (exact) mass is 370 g/mol. The highest BCUT2D eigenvalue weighted by Gasteiger charge is 2.29. The van der Waals surface area contributed by atoms with Crippen LogP contribution >= 0.6 is 0 Å². The van der Waals surface area contributed by atoms with E-state index >= 15 is 0 Å². The number of methoxy groups -OCH3 is 3. The maximum Gasteiger partial charge on any atom is 0.434 e. The van der Waals surface area contributed by atoms with E-state index in [4.69, 9.17) is 23.7 Å². The third-order valence-electron chi connectivity index (χ3n) is 2.98. The number of hydrazine groups is 1. The number of hydrogen-bond donors (Lipinski definition) is 1. The van der Waals surface area contributed by atoms with Crippen LogP contribution in [-0.2, 0) is 9.47 Å². The molecule has 0 aliphatic rings. The summed E-state index contributed by atoms with van der Waals surface area (Å²) in [6, 6.07) is 3.09. The van der Waals surface area contributed by atoms with Crippen LogP contribution in [0.1, 0.15) is 27.7 Å². The Labute approximate surface area is 153 Å². The van der Waals surface area contributed by atoms with Gasteiger partial charge >= 0.3 is 12.2 Å². The molecule has 2 amide bonds. The lowest BCUT2D eigenvalue weighted by Gasteiger charge is -2.27. The first kappa shape index (κ1) is 21.2. The molecule has 0 fully saturated rings. The molecule has 0 bridgehead atoms. The smallest absolute Gasteiger partial charge is 0.434 e. The first-order chi connectivity index (χ1) is 12.2. The fraction of sp³-hybridized carbons (Fsp3) is 0.529. The highest BCUT2D eigenvalue weighted by Crippen LogP contribution is 2.41. The molecule has 0 unspecified atom stereocenters. The Hall–Kier alpha value is -2.84. The molecule has 0 aliphatic heterocycles. The number of anilines is 1. The number of carbonyl (C=O) groups is 2. The molecule has 26 heavy (non-hydrogen) atoms. The first-order valence-corrected chi connectivity index (χ1v) is 8.01. The van der Waals surface area contributed by atoms with Crippen molar-refractivity contribution in [2.45, 2.75) is 39.9 Å². The van der Waals surface area contributed by atoms with Gasteiger partial charge in [-0.2, -0.15) is 5.01 Å². The summed E-state index contributed by atoms with van der Waals surface area (Å²) in [6.45, 7) is 6.74. The van der Waals surface area contributed by atoms with Gasteiger partial charge in [0.15, 0.2) is 17.2 Å². The summed E-state index contributed by atoms with van der Waals surface area (Å²) in [5.74, 6) is 0.905. The maximum absolute atomic E-state index is 12.6. The van der Waals surface area contributed by atoms with E-state index in [2.05, 4.69) is 5.43 Å². The molecule has 0 spiro atoms. The molecule has 1 rings (SSSR count). The average Bonchev–Trinajstić information content (AvgIpc) is 2.57. The third-order valence-corrected chi connectivity index (χ3v) is 2.98. The van der Waals surface area contributed by atoms with Crippen LogP contribution in [0.4, 0.5) is 15.3 Å². The number of rotatable bonds is 6. The second-order valence-electron chi connectivity index (χ2n) is 5.71. The standard InChI is InChI=1S/C17H26N2O7/c1-10(2)25-16(20)18-19(17(21)26-11(3)4)15-13(23-6)8-12(22-5)9-14(15)24-7/h8-11H,1-7H3,(H,18,20). The molecule has 1 N–H and O–H groups in total. The van der Waals surface area contributed by atoms with Gasteiger partial charge in [0, 0.05) is 12.1 Å². The summed E-state index contributed by atoms with van der Waals surface area (Å²) in [7, 11) is 4.31. The number of amides is 2. The van der Waals surface area contributed by atoms with Gasteiger partial charge in [-0.25, -0.2) is 15.0 Å². The molecular weight excluding hydrogens is 344 g/mol. The van der Waals surface area contributed by atoms with Crippen molar-refractivity contribution < 1.29 is 33.3 Å². The summed E-state index contributed by atoms with van der Waals surface area (Å²) in [5, 5.41) is 0.877. The van der Waals surface area contributed by atoms with Gasteiger partial charge in [-0.3, -0.25) is 0 Å². The lowest BCUT2D eigenvalue weighted by Crippen LogP contribution is -2.48. The van der Waals surface area contributed by atoms with Crippen LogP contribution in [0.2, 0.25) is 0 Å². The normalized spacial score (nSPS) is 10.3. The van der Waals surface area contributed by atoms with Gasteiger partial charge in [0.2, 0.25) is 0 Å². The SMILES string of the molecule is COc1cc(OC)c(N(NC(=O)OC(C)C)C(=O)OC(C)C)c(OC)c1. The Morgan fingerprint density at radius 2 is 1.38 bits per heavy atom. The quantitative estimate of drug-likeness (QED) is 0.769. The van der Waals surface area contributed by atoms with Crippen molar-refractivity contribution >= 4 is 17.9 Å². The van der Waals surface area contributed by atoms with E-state index < -0.39 is 18.3 Å². The zero-order valence-electron chi connectivity index (χ0n) is 16.1. The van der Waals surface area contributed by atoms with Gasteiger partial charge in [-0.1, -0.05) is 0 Å². The largest absolute Gasteiger partial charge is 0.496 e. The predicted octanol–water partition coefficient (Wildman–Crippen LogP) is 3.11. The van der Waals surface area contributed by atoms with Crippen molar-refractivity contribution in [2.75, 3.05) is 26.3 Å². The molecule has 0 aromatic heterocycles. The molecule has 1 aromatic rings. The molecule has 9 nitrogen and oxygen atoms in total. The number of nitrogens with one attached hydrogen (secondary N) is 1. The topological polar surface area (TPSA) is 95.6 Å². The van der Waals surface area contributed by atoms with Crippen molar-refractivity contribution in [3.8, 4) is 17.2 Å². The van der Waals surface area contributed by atoms with Gasteiger partial charge in [-0.15, -0.1) is 0 Å². The summed E-state index contributed by atoms with van der Waals surface area (Å²) in [4.78, 5) is 24.6. The Kier molecular flexibility index (Phi) is 7.82. The fourth-order valence-electron chi connectivity index (χ4n) is 1.99. The number of ether oxygens (including phenoxy) is 5. The minimum Gasteiger partial charge on any atom is -0.496 e. The highest BCUT2D eigenvalue weighted by atomic mass is 16.6. The van der Waals surface area contributed by atoms with Gasteiger partial charge < -0.3 is 23.7 Å². The molecule has 0 aliphatic carbocycles. The second kappa shape index (κ2) is 9.59. The Morgan fingerprint density at radius 1 is 0.885 bits per heavy atom. The van der Waals surface area contributed by atoms with Crippen LogP contribution in [-0.4, -0.2) is 45.7 Å². The average molecular weight is 370 g/mol. The van der Waals surface area contributed by atoms with Crippen LogP contribution in [0.5, 0.6) is 17.2 Å². The van der Waals surface area contributed by atoms with Crippen LogP contribution in [0, 0.1) is 0 Å². The maximum atomic E-state index is 12.6. The molecule has 0 saturated heterocycles. The van der Waals surface area contributed by atoms with Gasteiger partial charge in [0.25, 0.3) is 0 Å². The number of benzene rings is 1. The minimum atomic E-state index is -0.833. The molecule has 9 heteroatoms. The Bertz CT molecular complexity index is 607. The van der Waals surface area contributed by atoms with E-state index in [0.717, 1.165) is 5.01 Å². The number of hydrogen-bond acceptors (Lipinski definition) is 7. The van der Waals surface area contributed by atoms with Crippen molar-refractivity contribution in [3.63, 3.8) is 0 Å². The zero-order chi connectivity index (χ0) is 19.9. The number of nitrogens with zero attached hydrogens (tertiary/aromatic N) is 1. The van der Waals surface area contributed by atoms with E-state index in [1.807, 2.05) is 0 Å². The van der Waals surface area contributed by atoms with Crippen molar-refractivity contribution in [3.05, 3.63) is 12.1 Å². The van der Waals surface area contributed by atoms with Crippen LogP contribution < -0.4 is 24.6 Å². The molecule has 0 radical (unpaired) electrons. The predicted molar refractivity (Wildman–Crippen MR) is 94.9 cm³/mol. The van der Waals surface area contributed by atoms with Gasteiger partial charge in [-0.05, 0) is 27.7 Å². The Morgan fingerprint density at radius 3 is 1.77 bits per heavy atom. The lowest BCUT2D eigenvalue weighted by atomic mass is 10.2. The van der Waals surface area contributed by atoms with Crippen LogP contribution in [0.3, 0.4) is 0 Å². The van der Waals surface area contributed by atoms with E-state index in [0.29, 0.717) is 5.75 Å². The van der Waals surface area contributed by atoms with Crippen LogP contribution in [0.15, 0.2) is 12.1 Å². The van der Waals surface area contributed by atoms with E-state index in [9.17, 15) is 9.59 Å². The summed E-state index contributed by atoms with van der Waals surface area (Å²) in [5.41, 5.74) is 2.49. The third kappa shape index (κ3) is 5.61. The molecule has 0 atom stereocenters. The van der Waals surface area contributed by atoms with Crippen LogP contribution in [0.25, 0.3) is 0 Å². The fourth-order valence-corrected chi connectivity index (χ4v) is 1.99. The summed E-state index contributed by atoms with van der Waals surface area (Å²) < 4.78 is 26.1. The van der Waals surface area contributed by atoms with Crippen molar-refractivity contribution in [2.24, 2.45) is 0 Å². The van der Waals surface area contributed by atoms with E-state index in [1.54, 1.807) is 39.8 Å². The minimum absolute atomic E-state index is 0.141. The van der Waals surface area contributed by atoms with E-state index in [1.165, 1.54) is 21.3 Å². The summed E-state index contributed by atoms with van der Waals surface area (Å²) in [6.07, 6.45) is -2.45. The zero-order valence-corrected chi connectivity index (χ0v) is 16.1. The summed E-state index contributed by atoms with van der Waals surface area (Å²) >= 11 is 0. The number of carbonyl (C=O) groups excluding carboxylic acids is 2. The molecule has 0 heterocycles. The molecule has 1 aromatic carbocycles. The first-order valence-electron chi connectivity index (χ1n) is 8.01. The van der Waals surface area contributed by atoms with E-state index in [-0.39, 0.29) is 23.3 Å². The molecule has 0 saturated carbocycles. The van der Waals surface area contributed by atoms with Crippen molar-refractivity contribution in [1.29, 1.82) is 0 Å².